The molecule has 1 saturated heterocycles. The van der Waals surface area contributed by atoms with E-state index >= 15 is 0 Å². The fraction of sp³-hybridized carbons (Fsp3) is 0.571. The number of ether oxygens (including phenoxy) is 1. The Hall–Kier alpha value is -0.970. The number of aliphatic hydroxyl groups is 1. The van der Waals surface area contributed by atoms with Crippen molar-refractivity contribution in [3.63, 3.8) is 0 Å². The SMILES string of the molecule is CC1OCCN(CC(O)c2ccccc2F)C1C. The van der Waals surface area contributed by atoms with Crippen molar-refractivity contribution >= 4 is 0 Å². The summed E-state index contributed by atoms with van der Waals surface area (Å²) in [7, 11) is 0. The van der Waals surface area contributed by atoms with Crippen LogP contribution >= 0.6 is 0 Å². The summed E-state index contributed by atoms with van der Waals surface area (Å²) in [5.41, 5.74) is 0.365. The first-order valence-electron chi connectivity index (χ1n) is 6.37. The van der Waals surface area contributed by atoms with Gasteiger partial charge in [-0.25, -0.2) is 4.39 Å². The van der Waals surface area contributed by atoms with Crippen molar-refractivity contribution in [1.29, 1.82) is 0 Å². The lowest BCUT2D eigenvalue weighted by atomic mass is 10.1. The Balaban J connectivity index is 2.03. The highest BCUT2D eigenvalue weighted by atomic mass is 19.1. The second-order valence-electron chi connectivity index (χ2n) is 4.85. The lowest BCUT2D eigenvalue weighted by Crippen LogP contribution is -2.49. The molecule has 0 saturated carbocycles. The molecule has 18 heavy (non-hydrogen) atoms. The smallest absolute Gasteiger partial charge is 0.129 e. The Labute approximate surface area is 107 Å². The van der Waals surface area contributed by atoms with Crippen molar-refractivity contribution in [1.82, 2.24) is 4.90 Å². The quantitative estimate of drug-likeness (QED) is 0.894. The summed E-state index contributed by atoms with van der Waals surface area (Å²) in [5.74, 6) is -0.348. The number of morpholine rings is 1. The summed E-state index contributed by atoms with van der Waals surface area (Å²) in [4.78, 5) is 2.14. The molecule has 1 fully saturated rings. The second-order valence-corrected chi connectivity index (χ2v) is 4.85. The van der Waals surface area contributed by atoms with E-state index in [1.165, 1.54) is 6.07 Å². The van der Waals surface area contributed by atoms with Gasteiger partial charge in [-0.05, 0) is 19.9 Å². The van der Waals surface area contributed by atoms with Crippen LogP contribution in [0.5, 0.6) is 0 Å². The van der Waals surface area contributed by atoms with Crippen molar-refractivity contribution in [3.8, 4) is 0 Å². The molecule has 4 heteroatoms. The van der Waals surface area contributed by atoms with E-state index in [-0.39, 0.29) is 18.0 Å². The van der Waals surface area contributed by atoms with Gasteiger partial charge in [0, 0.05) is 24.7 Å². The summed E-state index contributed by atoms with van der Waals surface area (Å²) >= 11 is 0. The van der Waals surface area contributed by atoms with Crippen molar-refractivity contribution in [2.75, 3.05) is 19.7 Å². The first-order chi connectivity index (χ1) is 8.59. The van der Waals surface area contributed by atoms with Crippen LogP contribution in [0.15, 0.2) is 24.3 Å². The van der Waals surface area contributed by atoms with Gasteiger partial charge in [0.1, 0.15) is 5.82 Å². The van der Waals surface area contributed by atoms with Crippen molar-refractivity contribution in [3.05, 3.63) is 35.6 Å². The normalized spacial score (nSPS) is 27.1. The molecule has 0 aromatic heterocycles. The van der Waals surface area contributed by atoms with E-state index in [4.69, 9.17) is 4.74 Å². The molecule has 0 bridgehead atoms. The molecule has 1 aromatic carbocycles. The van der Waals surface area contributed by atoms with Gasteiger partial charge in [0.15, 0.2) is 0 Å². The molecule has 1 aliphatic heterocycles. The van der Waals surface area contributed by atoms with Crippen LogP contribution in [-0.4, -0.2) is 41.8 Å². The number of halogens is 1. The molecule has 1 N–H and O–H groups in total. The maximum Gasteiger partial charge on any atom is 0.129 e. The van der Waals surface area contributed by atoms with Crippen molar-refractivity contribution < 1.29 is 14.2 Å². The highest BCUT2D eigenvalue weighted by molar-refractivity contribution is 5.20. The molecule has 0 spiro atoms. The minimum Gasteiger partial charge on any atom is -0.387 e. The average Bonchev–Trinajstić information content (AvgIpc) is 2.35. The Morgan fingerprint density at radius 1 is 1.44 bits per heavy atom. The Morgan fingerprint density at radius 3 is 2.89 bits per heavy atom. The average molecular weight is 253 g/mol. The highest BCUT2D eigenvalue weighted by Crippen LogP contribution is 2.21. The number of hydrogen-bond acceptors (Lipinski definition) is 3. The molecule has 0 radical (unpaired) electrons. The Morgan fingerprint density at radius 2 is 2.17 bits per heavy atom. The van der Waals surface area contributed by atoms with Gasteiger partial charge in [0.05, 0.1) is 18.8 Å². The Bertz CT molecular complexity index is 399. The van der Waals surface area contributed by atoms with Crippen LogP contribution in [0.1, 0.15) is 25.5 Å². The van der Waals surface area contributed by atoms with Crippen molar-refractivity contribution in [2.24, 2.45) is 0 Å². The number of β-amino-alcohol motifs (C(OH)–C–C–N with tert-alkyl or cyclic N) is 1. The largest absolute Gasteiger partial charge is 0.387 e. The molecule has 0 aliphatic carbocycles. The molecule has 0 amide bonds. The molecule has 1 aromatic rings. The molecule has 2 rings (SSSR count). The van der Waals surface area contributed by atoms with E-state index in [2.05, 4.69) is 11.8 Å². The molecular weight excluding hydrogens is 233 g/mol. The summed E-state index contributed by atoms with van der Waals surface area (Å²) in [5, 5.41) is 10.1. The second kappa shape index (κ2) is 5.78. The zero-order chi connectivity index (χ0) is 13.1. The van der Waals surface area contributed by atoms with E-state index < -0.39 is 6.10 Å². The zero-order valence-electron chi connectivity index (χ0n) is 10.8. The maximum absolute atomic E-state index is 13.6. The van der Waals surface area contributed by atoms with Crippen LogP contribution in [0.3, 0.4) is 0 Å². The standard InChI is InChI=1S/C14H20FNO2/c1-10-11(2)18-8-7-16(10)9-14(17)12-5-3-4-6-13(12)15/h3-6,10-11,14,17H,7-9H2,1-2H3. The minimum atomic E-state index is -0.793. The fourth-order valence-electron chi connectivity index (χ4n) is 2.32. The van der Waals surface area contributed by atoms with Crippen LogP contribution in [0.2, 0.25) is 0 Å². The van der Waals surface area contributed by atoms with Gasteiger partial charge in [0.2, 0.25) is 0 Å². The van der Waals surface area contributed by atoms with Crippen LogP contribution in [0, 0.1) is 5.82 Å². The summed E-state index contributed by atoms with van der Waals surface area (Å²) in [6, 6.07) is 6.62. The van der Waals surface area contributed by atoms with Gasteiger partial charge in [-0.3, -0.25) is 4.90 Å². The van der Waals surface area contributed by atoms with Gasteiger partial charge < -0.3 is 9.84 Å². The summed E-state index contributed by atoms with van der Waals surface area (Å²) in [6.07, 6.45) is -0.648. The topological polar surface area (TPSA) is 32.7 Å². The van der Waals surface area contributed by atoms with E-state index in [0.29, 0.717) is 18.7 Å². The van der Waals surface area contributed by atoms with Gasteiger partial charge in [-0.1, -0.05) is 18.2 Å². The molecule has 100 valence electrons. The third-order valence-electron chi connectivity index (χ3n) is 3.69. The van der Waals surface area contributed by atoms with Gasteiger partial charge in [-0.15, -0.1) is 0 Å². The summed E-state index contributed by atoms with van der Waals surface area (Å²) < 4.78 is 19.1. The van der Waals surface area contributed by atoms with Gasteiger partial charge in [-0.2, -0.15) is 0 Å². The number of rotatable bonds is 3. The monoisotopic (exact) mass is 253 g/mol. The van der Waals surface area contributed by atoms with E-state index in [0.717, 1.165) is 6.54 Å². The number of aliphatic hydroxyl groups excluding tert-OH is 1. The number of hydrogen-bond donors (Lipinski definition) is 1. The maximum atomic E-state index is 13.6. The van der Waals surface area contributed by atoms with Crippen molar-refractivity contribution in [2.45, 2.75) is 32.1 Å². The predicted octanol–water partition coefficient (Wildman–Crippen LogP) is 1.97. The molecule has 3 atom stereocenters. The first-order valence-corrected chi connectivity index (χ1v) is 6.37. The summed E-state index contributed by atoms with van der Waals surface area (Å²) in [6.45, 7) is 5.96. The van der Waals surface area contributed by atoms with Gasteiger partial charge in [0.25, 0.3) is 0 Å². The van der Waals surface area contributed by atoms with Crippen LogP contribution < -0.4 is 0 Å². The third kappa shape index (κ3) is 2.88. The molecular formula is C14H20FNO2. The van der Waals surface area contributed by atoms with E-state index in [1.807, 2.05) is 6.92 Å². The number of benzene rings is 1. The fourth-order valence-corrected chi connectivity index (χ4v) is 2.32. The highest BCUT2D eigenvalue weighted by Gasteiger charge is 2.27. The van der Waals surface area contributed by atoms with Crippen LogP contribution in [0.25, 0.3) is 0 Å². The molecule has 3 unspecified atom stereocenters. The van der Waals surface area contributed by atoms with Crippen LogP contribution in [-0.2, 0) is 4.74 Å². The molecule has 1 aliphatic rings. The minimum absolute atomic E-state index is 0.145. The zero-order valence-corrected chi connectivity index (χ0v) is 10.8. The van der Waals surface area contributed by atoms with E-state index in [1.54, 1.807) is 18.2 Å². The predicted molar refractivity (Wildman–Crippen MR) is 67.8 cm³/mol. The molecule has 3 nitrogen and oxygen atoms in total. The van der Waals surface area contributed by atoms with E-state index in [9.17, 15) is 9.50 Å². The first kappa shape index (κ1) is 13.5. The van der Waals surface area contributed by atoms with Crippen LogP contribution in [0.4, 0.5) is 4.39 Å². The lowest BCUT2D eigenvalue weighted by Gasteiger charge is -2.38. The number of nitrogens with zero attached hydrogens (tertiary/aromatic N) is 1. The molecule has 1 heterocycles. The van der Waals surface area contributed by atoms with Gasteiger partial charge >= 0.3 is 0 Å². The Kier molecular flexibility index (Phi) is 4.32. The third-order valence-corrected chi connectivity index (χ3v) is 3.69. The lowest BCUT2D eigenvalue weighted by molar-refractivity contribution is -0.0675.